The third-order valence-corrected chi connectivity index (χ3v) is 5.60. The maximum Gasteiger partial charge on any atom is 0.256 e. The first-order valence-electron chi connectivity index (χ1n) is 10.8. The van der Waals surface area contributed by atoms with Crippen molar-refractivity contribution in [3.8, 4) is 17.1 Å². The van der Waals surface area contributed by atoms with Crippen molar-refractivity contribution < 1.29 is 4.74 Å². The number of nitrogens with one attached hydrogen (secondary N) is 3. The van der Waals surface area contributed by atoms with E-state index in [1.807, 2.05) is 39.3 Å². The van der Waals surface area contributed by atoms with Crippen LogP contribution < -0.4 is 25.8 Å². The fraction of sp³-hybridized carbons (Fsp3) is 0.565. The van der Waals surface area contributed by atoms with Crippen LogP contribution >= 0.6 is 0 Å². The number of rotatable bonds is 12. The van der Waals surface area contributed by atoms with Crippen molar-refractivity contribution in [3.63, 3.8) is 0 Å². The van der Waals surface area contributed by atoms with Crippen LogP contribution in [0.3, 0.4) is 0 Å². The first kappa shape index (κ1) is 23.7. The van der Waals surface area contributed by atoms with Gasteiger partial charge in [-0.1, -0.05) is 33.1 Å². The number of hydrogen-bond acceptors (Lipinski definition) is 6. The van der Waals surface area contributed by atoms with Gasteiger partial charge >= 0.3 is 0 Å². The zero-order chi connectivity index (χ0) is 22.1. The van der Waals surface area contributed by atoms with Gasteiger partial charge in [0.25, 0.3) is 5.56 Å². The minimum Gasteiger partial charge on any atom is -0.496 e. The normalized spacial score (nSPS) is 11.9. The highest BCUT2D eigenvalue weighted by Gasteiger charge is 2.18. The number of nitrogens with zero attached hydrogens (tertiary/aromatic N) is 2. The maximum absolute atomic E-state index is 13.0. The van der Waals surface area contributed by atoms with E-state index in [2.05, 4.69) is 34.4 Å². The van der Waals surface area contributed by atoms with Gasteiger partial charge in [0.1, 0.15) is 17.4 Å². The molecule has 1 atom stereocenters. The monoisotopic (exact) mass is 415 g/mol. The highest BCUT2D eigenvalue weighted by Crippen LogP contribution is 2.32. The second-order valence-electron chi connectivity index (χ2n) is 7.67. The second kappa shape index (κ2) is 11.6. The molecule has 0 saturated heterocycles. The Kier molecular flexibility index (Phi) is 9.17. The van der Waals surface area contributed by atoms with Crippen LogP contribution in [-0.4, -0.2) is 51.3 Å². The fourth-order valence-electron chi connectivity index (χ4n) is 3.69. The summed E-state index contributed by atoms with van der Waals surface area (Å²) in [6.45, 7) is 6.12. The van der Waals surface area contributed by atoms with E-state index in [9.17, 15) is 4.79 Å². The predicted octanol–water partition coefficient (Wildman–Crippen LogP) is 3.51. The third-order valence-electron chi connectivity index (χ3n) is 5.60. The van der Waals surface area contributed by atoms with Gasteiger partial charge in [-0.25, -0.2) is 4.98 Å². The first-order chi connectivity index (χ1) is 14.5. The first-order valence-corrected chi connectivity index (χ1v) is 10.8. The van der Waals surface area contributed by atoms with Crippen LogP contribution in [0.2, 0.25) is 0 Å². The van der Waals surface area contributed by atoms with Gasteiger partial charge in [0.05, 0.1) is 18.2 Å². The van der Waals surface area contributed by atoms with E-state index in [-0.39, 0.29) is 5.56 Å². The number of ether oxygens (including phenoxy) is 1. The molecule has 30 heavy (non-hydrogen) atoms. The van der Waals surface area contributed by atoms with Gasteiger partial charge in [0.2, 0.25) is 0 Å². The molecule has 166 valence electrons. The van der Waals surface area contributed by atoms with Crippen LogP contribution in [0.5, 0.6) is 5.75 Å². The molecular weight excluding hydrogens is 378 g/mol. The van der Waals surface area contributed by atoms with E-state index >= 15 is 0 Å². The van der Waals surface area contributed by atoms with Crippen molar-refractivity contribution in [2.75, 3.05) is 51.6 Å². The largest absolute Gasteiger partial charge is 0.496 e. The van der Waals surface area contributed by atoms with Crippen LogP contribution in [0.4, 0.5) is 11.5 Å². The molecule has 3 N–H and O–H groups in total. The molecule has 0 aliphatic rings. The molecular formula is C23H37N5O2. The van der Waals surface area contributed by atoms with Gasteiger partial charge in [0, 0.05) is 38.9 Å². The molecule has 0 radical (unpaired) electrons. The SMILES string of the molecule is CCCC(CC)Cc1c(NC)nc(-c2ccc(N(C)CCNC)cc2OC)[nH]c1=O. The van der Waals surface area contributed by atoms with Crippen molar-refractivity contribution in [1.82, 2.24) is 15.3 Å². The molecule has 0 spiro atoms. The molecule has 0 amide bonds. The molecule has 7 heteroatoms. The summed E-state index contributed by atoms with van der Waals surface area (Å²) in [7, 11) is 7.43. The average molecular weight is 416 g/mol. The Labute approximate surface area is 180 Å². The lowest BCUT2D eigenvalue weighted by molar-refractivity contribution is 0.416. The van der Waals surface area contributed by atoms with Crippen molar-refractivity contribution in [2.24, 2.45) is 5.92 Å². The topological polar surface area (TPSA) is 82.3 Å². The molecule has 0 bridgehead atoms. The van der Waals surface area contributed by atoms with Crippen molar-refractivity contribution >= 4 is 11.5 Å². The summed E-state index contributed by atoms with van der Waals surface area (Å²) < 4.78 is 5.63. The number of aromatic amines is 1. The Hall–Kier alpha value is -2.54. The van der Waals surface area contributed by atoms with Crippen LogP contribution in [0.15, 0.2) is 23.0 Å². The Morgan fingerprint density at radius 3 is 2.63 bits per heavy atom. The van der Waals surface area contributed by atoms with Crippen molar-refractivity contribution in [1.29, 1.82) is 0 Å². The van der Waals surface area contributed by atoms with Gasteiger partial charge in [-0.15, -0.1) is 0 Å². The van der Waals surface area contributed by atoms with Gasteiger partial charge in [0.15, 0.2) is 0 Å². The smallest absolute Gasteiger partial charge is 0.256 e. The van der Waals surface area contributed by atoms with Crippen LogP contribution in [0.25, 0.3) is 11.4 Å². The predicted molar refractivity (Wildman–Crippen MR) is 126 cm³/mol. The molecule has 1 heterocycles. The molecule has 0 saturated carbocycles. The molecule has 2 rings (SSSR count). The van der Waals surface area contributed by atoms with Gasteiger partial charge < -0.3 is 25.3 Å². The minimum atomic E-state index is -0.0869. The van der Waals surface area contributed by atoms with E-state index in [1.165, 1.54) is 0 Å². The molecule has 1 unspecified atom stereocenters. The Morgan fingerprint density at radius 1 is 1.27 bits per heavy atom. The quantitative estimate of drug-likeness (QED) is 0.492. The maximum atomic E-state index is 13.0. The summed E-state index contributed by atoms with van der Waals surface area (Å²) in [5, 5.41) is 6.28. The number of aromatic nitrogens is 2. The average Bonchev–Trinajstić information content (AvgIpc) is 2.77. The summed E-state index contributed by atoms with van der Waals surface area (Å²) in [6, 6.07) is 5.95. The molecule has 0 aliphatic heterocycles. The Bertz CT molecular complexity index is 865. The number of hydrogen-bond donors (Lipinski definition) is 3. The summed E-state index contributed by atoms with van der Waals surface area (Å²) in [5.74, 6) is 2.32. The van der Waals surface area contributed by atoms with E-state index in [1.54, 1.807) is 7.11 Å². The number of H-pyrrole nitrogens is 1. The molecule has 1 aromatic carbocycles. The molecule has 0 aliphatic carbocycles. The van der Waals surface area contributed by atoms with Gasteiger partial charge in [-0.3, -0.25) is 4.79 Å². The minimum absolute atomic E-state index is 0.0869. The third kappa shape index (κ3) is 5.75. The number of methoxy groups -OCH3 is 1. The lowest BCUT2D eigenvalue weighted by Gasteiger charge is -2.21. The lowest BCUT2D eigenvalue weighted by Crippen LogP contribution is -2.27. The summed E-state index contributed by atoms with van der Waals surface area (Å²) in [4.78, 5) is 22.8. The highest BCUT2D eigenvalue weighted by molar-refractivity contribution is 5.70. The number of anilines is 2. The summed E-state index contributed by atoms with van der Waals surface area (Å²) in [5.41, 5.74) is 2.45. The van der Waals surface area contributed by atoms with E-state index in [4.69, 9.17) is 9.72 Å². The van der Waals surface area contributed by atoms with Crippen LogP contribution in [0, 0.1) is 5.92 Å². The van der Waals surface area contributed by atoms with Crippen LogP contribution in [-0.2, 0) is 6.42 Å². The zero-order valence-corrected chi connectivity index (χ0v) is 19.3. The molecule has 2 aromatic rings. The van der Waals surface area contributed by atoms with E-state index < -0.39 is 0 Å². The Balaban J connectivity index is 2.41. The fourth-order valence-corrected chi connectivity index (χ4v) is 3.69. The van der Waals surface area contributed by atoms with Gasteiger partial charge in [-0.2, -0.15) is 0 Å². The van der Waals surface area contributed by atoms with Crippen molar-refractivity contribution in [3.05, 3.63) is 34.1 Å². The van der Waals surface area contributed by atoms with E-state index in [0.717, 1.165) is 55.6 Å². The lowest BCUT2D eigenvalue weighted by atomic mass is 9.93. The summed E-state index contributed by atoms with van der Waals surface area (Å²) in [6.07, 6.45) is 4.00. The standard InChI is InChI=1S/C23H37N5O2/c1-7-9-16(8-2)14-19-21(25-4)26-22(27-23(19)29)18-11-10-17(15-20(18)30-6)28(5)13-12-24-3/h10-11,15-16,24H,7-9,12-14H2,1-6H3,(H2,25,26,27,29). The highest BCUT2D eigenvalue weighted by atomic mass is 16.5. The molecule has 7 nitrogen and oxygen atoms in total. The number of benzene rings is 1. The second-order valence-corrected chi connectivity index (χ2v) is 7.67. The molecule has 1 aromatic heterocycles. The van der Waals surface area contributed by atoms with Gasteiger partial charge in [-0.05, 0) is 31.5 Å². The number of likely N-dealkylation sites (N-methyl/N-ethyl adjacent to an activating group) is 2. The Morgan fingerprint density at radius 2 is 2.03 bits per heavy atom. The van der Waals surface area contributed by atoms with E-state index in [0.29, 0.717) is 23.3 Å². The zero-order valence-electron chi connectivity index (χ0n) is 19.3. The van der Waals surface area contributed by atoms with Crippen LogP contribution in [0.1, 0.15) is 38.7 Å². The summed E-state index contributed by atoms with van der Waals surface area (Å²) >= 11 is 0. The van der Waals surface area contributed by atoms with Crippen molar-refractivity contribution in [2.45, 2.75) is 39.5 Å². The molecule has 0 fully saturated rings.